The van der Waals surface area contributed by atoms with Crippen molar-refractivity contribution in [1.29, 1.82) is 0 Å². The van der Waals surface area contributed by atoms with Crippen LogP contribution in [0.4, 0.5) is 5.69 Å². The summed E-state index contributed by atoms with van der Waals surface area (Å²) >= 11 is 3.87. The molecule has 1 aliphatic heterocycles. The Morgan fingerprint density at radius 1 is 1.21 bits per heavy atom. The van der Waals surface area contributed by atoms with Gasteiger partial charge in [-0.2, -0.15) is 0 Å². The van der Waals surface area contributed by atoms with E-state index in [2.05, 4.69) is 18.7 Å². The summed E-state index contributed by atoms with van der Waals surface area (Å²) in [5, 5.41) is 1.80. The molecule has 1 unspecified atom stereocenters. The Bertz CT molecular complexity index is 746. The van der Waals surface area contributed by atoms with Gasteiger partial charge in [-0.15, -0.1) is 23.1 Å². The number of rotatable bonds is 4. The van der Waals surface area contributed by atoms with Crippen LogP contribution in [0.15, 0.2) is 34.7 Å². The van der Waals surface area contributed by atoms with Gasteiger partial charge in [-0.05, 0) is 68.2 Å². The van der Waals surface area contributed by atoms with Crippen molar-refractivity contribution in [3.63, 3.8) is 0 Å². The summed E-state index contributed by atoms with van der Waals surface area (Å²) in [6.45, 7) is 2.67. The first kappa shape index (κ1) is 16.0. The third-order valence-corrected chi connectivity index (χ3v) is 7.52. The Kier molecular flexibility index (Phi) is 4.55. The van der Waals surface area contributed by atoms with Crippen molar-refractivity contribution >= 4 is 28.8 Å². The lowest BCUT2D eigenvalue weighted by Crippen LogP contribution is -1.95. The summed E-state index contributed by atoms with van der Waals surface area (Å²) in [5.74, 6) is 0.853. The second-order valence-corrected chi connectivity index (χ2v) is 8.88. The predicted molar refractivity (Wildman–Crippen MR) is 102 cm³/mol. The van der Waals surface area contributed by atoms with Crippen LogP contribution in [0.5, 0.6) is 5.75 Å². The zero-order chi connectivity index (χ0) is 16.5. The molecular formula is C19H22N2OS2. The maximum absolute atomic E-state index is 5.90. The third-order valence-electron chi connectivity index (χ3n) is 4.68. The van der Waals surface area contributed by atoms with Crippen LogP contribution in [0.1, 0.15) is 52.9 Å². The highest BCUT2D eigenvalue weighted by Gasteiger charge is 2.30. The van der Waals surface area contributed by atoms with Crippen LogP contribution in [0.3, 0.4) is 0 Å². The maximum Gasteiger partial charge on any atom is 0.124 e. The van der Waals surface area contributed by atoms with Crippen LogP contribution in [0, 0.1) is 6.92 Å². The molecule has 1 aliphatic carbocycles. The molecule has 5 heteroatoms. The van der Waals surface area contributed by atoms with E-state index in [4.69, 9.17) is 15.5 Å². The molecule has 1 atom stereocenters. The Balaban J connectivity index is 1.42. The lowest BCUT2D eigenvalue weighted by Gasteiger charge is -2.11. The Labute approximate surface area is 151 Å². The van der Waals surface area contributed by atoms with Gasteiger partial charge in [-0.1, -0.05) is 5.57 Å². The fourth-order valence-electron chi connectivity index (χ4n) is 3.31. The predicted octanol–water partition coefficient (Wildman–Crippen LogP) is 5.62. The normalized spacial score (nSPS) is 20.3. The molecule has 2 aliphatic rings. The van der Waals surface area contributed by atoms with E-state index >= 15 is 0 Å². The van der Waals surface area contributed by atoms with E-state index < -0.39 is 0 Å². The van der Waals surface area contributed by atoms with Crippen molar-refractivity contribution in [3.05, 3.63) is 50.3 Å². The van der Waals surface area contributed by atoms with Crippen LogP contribution >= 0.6 is 23.1 Å². The third kappa shape index (κ3) is 3.33. The molecule has 2 N–H and O–H groups in total. The van der Waals surface area contributed by atoms with E-state index in [-0.39, 0.29) is 0 Å². The first-order valence-electron chi connectivity index (χ1n) is 8.51. The summed E-state index contributed by atoms with van der Waals surface area (Å²) in [6.07, 6.45) is 6.51. The Hall–Kier alpha value is -1.46. The summed E-state index contributed by atoms with van der Waals surface area (Å²) < 4.78 is 5.90. The van der Waals surface area contributed by atoms with Gasteiger partial charge in [0.25, 0.3) is 0 Å². The second-order valence-electron chi connectivity index (χ2n) is 6.46. The minimum absolute atomic E-state index is 0.530. The summed E-state index contributed by atoms with van der Waals surface area (Å²) in [6, 6.07) is 7.56. The van der Waals surface area contributed by atoms with Crippen molar-refractivity contribution < 1.29 is 4.74 Å². The second kappa shape index (κ2) is 6.81. The molecule has 0 fully saturated rings. The van der Waals surface area contributed by atoms with Gasteiger partial charge in [0.15, 0.2) is 0 Å². The number of allylic oxidation sites excluding steroid dienone is 2. The average Bonchev–Trinajstić information content (AvgIpc) is 3.18. The first-order chi connectivity index (χ1) is 11.7. The Morgan fingerprint density at radius 2 is 2.00 bits per heavy atom. The molecule has 1 aromatic carbocycles. The smallest absolute Gasteiger partial charge is 0.124 e. The Morgan fingerprint density at radius 3 is 2.79 bits per heavy atom. The fraction of sp³-hybridized carbons (Fsp3) is 0.421. The van der Waals surface area contributed by atoms with E-state index in [9.17, 15) is 0 Å². The number of nitrogen functional groups attached to an aromatic ring is 1. The molecule has 0 bridgehead atoms. The zero-order valence-electron chi connectivity index (χ0n) is 13.9. The number of anilines is 1. The minimum Gasteiger partial charge on any atom is -0.488 e. The molecular weight excluding hydrogens is 336 g/mol. The molecule has 126 valence electrons. The number of thiazole rings is 1. The summed E-state index contributed by atoms with van der Waals surface area (Å²) in [5.41, 5.74) is 9.27. The standard InChI is InChI=1S/C19H22N2OS2/c1-12-18(11-22-15-8-6-14(20)7-9-15)24-19(21-12)17-10-13-4-2-3-5-16(13)23-17/h6-9,17H,2-5,10-11,20H2,1H3. The molecule has 0 saturated carbocycles. The van der Waals surface area contributed by atoms with Gasteiger partial charge in [0.2, 0.25) is 0 Å². The average molecular weight is 359 g/mol. The van der Waals surface area contributed by atoms with E-state index in [1.807, 2.05) is 35.6 Å². The number of ether oxygens (including phenoxy) is 1. The molecule has 0 saturated heterocycles. The molecule has 3 nitrogen and oxygen atoms in total. The topological polar surface area (TPSA) is 48.1 Å². The van der Waals surface area contributed by atoms with Gasteiger partial charge in [-0.25, -0.2) is 4.98 Å². The lowest BCUT2D eigenvalue weighted by atomic mass is 9.96. The molecule has 0 spiro atoms. The molecule has 2 heterocycles. The fourth-order valence-corrected chi connectivity index (χ4v) is 5.95. The number of hydrogen-bond donors (Lipinski definition) is 1. The summed E-state index contributed by atoms with van der Waals surface area (Å²) in [4.78, 5) is 7.73. The maximum atomic E-state index is 5.90. The highest BCUT2D eigenvalue weighted by molar-refractivity contribution is 8.03. The minimum atomic E-state index is 0.530. The van der Waals surface area contributed by atoms with Gasteiger partial charge in [0.1, 0.15) is 17.4 Å². The van der Waals surface area contributed by atoms with Crippen LogP contribution < -0.4 is 10.5 Å². The van der Waals surface area contributed by atoms with Gasteiger partial charge < -0.3 is 10.5 Å². The van der Waals surface area contributed by atoms with Crippen molar-refractivity contribution in [1.82, 2.24) is 4.98 Å². The quantitative estimate of drug-likeness (QED) is 0.721. The molecule has 2 aromatic rings. The number of thioether (sulfide) groups is 1. The van der Waals surface area contributed by atoms with Gasteiger partial charge >= 0.3 is 0 Å². The molecule has 24 heavy (non-hydrogen) atoms. The number of aromatic nitrogens is 1. The van der Waals surface area contributed by atoms with Crippen molar-refractivity contribution in [2.75, 3.05) is 5.73 Å². The van der Waals surface area contributed by atoms with Crippen molar-refractivity contribution in [2.24, 2.45) is 0 Å². The number of nitrogens with zero attached hydrogens (tertiary/aromatic N) is 1. The van der Waals surface area contributed by atoms with Gasteiger partial charge in [0.05, 0.1) is 15.8 Å². The van der Waals surface area contributed by atoms with E-state index in [0.717, 1.165) is 17.1 Å². The number of hydrogen-bond acceptors (Lipinski definition) is 5. The van der Waals surface area contributed by atoms with Gasteiger partial charge in [0, 0.05) is 5.69 Å². The van der Waals surface area contributed by atoms with Crippen LogP contribution in [0.2, 0.25) is 0 Å². The molecule has 1 aromatic heterocycles. The van der Waals surface area contributed by atoms with Gasteiger partial charge in [-0.3, -0.25) is 0 Å². The monoisotopic (exact) mass is 358 g/mol. The van der Waals surface area contributed by atoms with E-state index in [1.54, 1.807) is 10.5 Å². The van der Waals surface area contributed by atoms with Crippen molar-refractivity contribution in [3.8, 4) is 5.75 Å². The van der Waals surface area contributed by atoms with Crippen LogP contribution in [0.25, 0.3) is 0 Å². The summed E-state index contributed by atoms with van der Waals surface area (Å²) in [7, 11) is 0. The van der Waals surface area contributed by atoms with Crippen LogP contribution in [-0.2, 0) is 6.61 Å². The SMILES string of the molecule is Cc1nc(C2CC3=C(CCCC3)S2)sc1COc1ccc(N)cc1. The van der Waals surface area contributed by atoms with E-state index in [0.29, 0.717) is 11.9 Å². The van der Waals surface area contributed by atoms with Crippen LogP contribution in [-0.4, -0.2) is 4.98 Å². The van der Waals surface area contributed by atoms with Crippen molar-refractivity contribution in [2.45, 2.75) is 50.9 Å². The number of nitrogens with two attached hydrogens (primary N) is 1. The lowest BCUT2D eigenvalue weighted by molar-refractivity contribution is 0.309. The molecule has 0 radical (unpaired) electrons. The molecule has 0 amide bonds. The highest BCUT2D eigenvalue weighted by Crippen LogP contribution is 2.53. The first-order valence-corrected chi connectivity index (χ1v) is 10.2. The zero-order valence-corrected chi connectivity index (χ0v) is 15.5. The largest absolute Gasteiger partial charge is 0.488 e. The van der Waals surface area contributed by atoms with E-state index in [1.165, 1.54) is 42.0 Å². The highest BCUT2D eigenvalue weighted by atomic mass is 32.2. The number of aryl methyl sites for hydroxylation is 1. The number of benzene rings is 1. The molecule has 4 rings (SSSR count).